The minimum Gasteiger partial charge on any atom is -0.486 e. The highest BCUT2D eigenvalue weighted by Crippen LogP contribution is 2.43. The second-order valence-corrected chi connectivity index (χ2v) is 8.50. The Morgan fingerprint density at radius 1 is 1.11 bits per heavy atom. The number of aryl methyl sites for hydroxylation is 1. The lowest BCUT2D eigenvalue weighted by Gasteiger charge is -2.44. The Balaban J connectivity index is 1.52. The van der Waals surface area contributed by atoms with Crippen LogP contribution in [0.2, 0.25) is 10.0 Å². The number of piperidine rings is 1. The molecule has 2 aliphatic rings. The molecule has 0 unspecified atom stereocenters. The number of rotatable bonds is 1. The van der Waals surface area contributed by atoms with Crippen molar-refractivity contribution in [3.8, 4) is 5.75 Å². The van der Waals surface area contributed by atoms with Gasteiger partial charge in [-0.15, -0.1) is 0 Å². The number of halogens is 2. The number of amides is 1. The number of nitrogens with zero attached hydrogens (tertiary/aromatic N) is 1. The van der Waals surface area contributed by atoms with Crippen LogP contribution in [0.4, 0.5) is 0 Å². The minimum absolute atomic E-state index is 0.0208. The molecule has 1 fully saturated rings. The van der Waals surface area contributed by atoms with Crippen molar-refractivity contribution in [1.82, 2.24) is 4.90 Å². The molecule has 146 valence electrons. The molecule has 0 radical (unpaired) electrons. The standard InChI is InChI=1S/C22H21Cl2NO3/c1-13-11-18-19(14(2)20(13)24)17(26)12-22(28-18)7-9-25(10-8-22)21(27)15-3-5-16(23)6-4-15/h3-6,11H,7-10,12H2,1-2H3. The molecular weight excluding hydrogens is 397 g/mol. The van der Waals surface area contributed by atoms with E-state index >= 15 is 0 Å². The molecule has 4 rings (SSSR count). The number of Topliss-reactive ketones (excluding diaryl/α,β-unsaturated/α-hetero) is 1. The van der Waals surface area contributed by atoms with Gasteiger partial charge in [0, 0.05) is 41.5 Å². The molecule has 6 heteroatoms. The number of likely N-dealkylation sites (tertiary alicyclic amines) is 1. The van der Waals surface area contributed by atoms with E-state index in [1.165, 1.54) is 0 Å². The van der Waals surface area contributed by atoms with Gasteiger partial charge >= 0.3 is 0 Å². The maximum Gasteiger partial charge on any atom is 0.253 e. The second-order valence-electron chi connectivity index (χ2n) is 7.69. The van der Waals surface area contributed by atoms with Gasteiger partial charge in [-0.25, -0.2) is 0 Å². The topological polar surface area (TPSA) is 46.6 Å². The monoisotopic (exact) mass is 417 g/mol. The number of ether oxygens (including phenoxy) is 1. The SMILES string of the molecule is Cc1cc2c(c(C)c1Cl)C(=O)CC1(CCN(C(=O)c3ccc(Cl)cc3)CC1)O2. The number of hydrogen-bond donors (Lipinski definition) is 0. The van der Waals surface area contributed by atoms with Crippen LogP contribution in [0.5, 0.6) is 5.75 Å². The van der Waals surface area contributed by atoms with E-state index in [4.69, 9.17) is 27.9 Å². The maximum absolute atomic E-state index is 12.9. The summed E-state index contributed by atoms with van der Waals surface area (Å²) in [6, 6.07) is 8.77. The van der Waals surface area contributed by atoms with Gasteiger partial charge in [0.05, 0.1) is 12.0 Å². The molecule has 1 amide bonds. The molecule has 0 saturated carbocycles. The summed E-state index contributed by atoms with van der Waals surface area (Å²) >= 11 is 12.2. The fourth-order valence-corrected chi connectivity index (χ4v) is 4.45. The largest absolute Gasteiger partial charge is 0.486 e. The fraction of sp³-hybridized carbons (Fsp3) is 0.364. The number of hydrogen-bond acceptors (Lipinski definition) is 3. The molecule has 1 spiro atoms. The summed E-state index contributed by atoms with van der Waals surface area (Å²) in [6.07, 6.45) is 1.57. The Morgan fingerprint density at radius 3 is 2.39 bits per heavy atom. The molecule has 0 bridgehead atoms. The Bertz CT molecular complexity index is 961. The lowest BCUT2D eigenvalue weighted by atomic mass is 9.81. The van der Waals surface area contributed by atoms with Crippen LogP contribution in [0, 0.1) is 13.8 Å². The van der Waals surface area contributed by atoms with E-state index in [1.54, 1.807) is 24.3 Å². The van der Waals surface area contributed by atoms with E-state index in [1.807, 2.05) is 24.8 Å². The summed E-state index contributed by atoms with van der Waals surface area (Å²) in [5.74, 6) is 0.666. The highest BCUT2D eigenvalue weighted by Gasteiger charge is 2.44. The van der Waals surface area contributed by atoms with E-state index in [2.05, 4.69) is 0 Å². The van der Waals surface area contributed by atoms with Crippen LogP contribution in [0.1, 0.15) is 51.1 Å². The quantitative estimate of drug-likeness (QED) is 0.636. The van der Waals surface area contributed by atoms with Crippen LogP contribution in [0.15, 0.2) is 30.3 Å². The Morgan fingerprint density at radius 2 is 1.75 bits per heavy atom. The fourth-order valence-electron chi connectivity index (χ4n) is 4.17. The van der Waals surface area contributed by atoms with Crippen molar-refractivity contribution >= 4 is 34.9 Å². The zero-order valence-corrected chi connectivity index (χ0v) is 17.4. The smallest absolute Gasteiger partial charge is 0.253 e. The maximum atomic E-state index is 12.9. The summed E-state index contributed by atoms with van der Waals surface area (Å²) in [5, 5.41) is 1.22. The summed E-state index contributed by atoms with van der Waals surface area (Å²) < 4.78 is 6.36. The average Bonchev–Trinajstić information content (AvgIpc) is 2.66. The third-order valence-electron chi connectivity index (χ3n) is 5.79. The van der Waals surface area contributed by atoms with E-state index in [9.17, 15) is 9.59 Å². The van der Waals surface area contributed by atoms with Gasteiger partial charge in [0.15, 0.2) is 5.78 Å². The lowest BCUT2D eigenvalue weighted by Crippen LogP contribution is -2.52. The predicted octanol–water partition coefficient (Wildman–Crippen LogP) is 5.25. The van der Waals surface area contributed by atoms with Gasteiger partial charge in [-0.05, 0) is 55.3 Å². The first-order chi connectivity index (χ1) is 13.3. The van der Waals surface area contributed by atoms with Gasteiger partial charge in [0.1, 0.15) is 11.4 Å². The minimum atomic E-state index is -0.548. The van der Waals surface area contributed by atoms with Crippen LogP contribution < -0.4 is 4.74 Å². The molecule has 2 aliphatic heterocycles. The predicted molar refractivity (Wildman–Crippen MR) is 110 cm³/mol. The zero-order chi connectivity index (χ0) is 20.1. The van der Waals surface area contributed by atoms with Gasteiger partial charge < -0.3 is 9.64 Å². The normalized spacial score (nSPS) is 18.0. The summed E-state index contributed by atoms with van der Waals surface area (Å²) in [6.45, 7) is 4.88. The molecule has 0 N–H and O–H groups in total. The Labute approximate surface area is 174 Å². The van der Waals surface area contributed by atoms with E-state index in [-0.39, 0.29) is 11.7 Å². The summed E-state index contributed by atoms with van der Waals surface area (Å²) in [5.41, 5.74) is 2.35. The number of carbonyl (C=O) groups is 2. The third-order valence-corrected chi connectivity index (χ3v) is 6.62. The Kier molecular flexibility index (Phi) is 4.88. The van der Waals surface area contributed by atoms with Crippen LogP contribution >= 0.6 is 23.2 Å². The third kappa shape index (κ3) is 3.29. The van der Waals surface area contributed by atoms with Gasteiger partial charge in [0.2, 0.25) is 0 Å². The molecule has 1 saturated heterocycles. The second kappa shape index (κ2) is 7.09. The highest BCUT2D eigenvalue weighted by atomic mass is 35.5. The van der Waals surface area contributed by atoms with Crippen molar-refractivity contribution in [2.24, 2.45) is 0 Å². The van der Waals surface area contributed by atoms with Crippen molar-refractivity contribution in [1.29, 1.82) is 0 Å². The lowest BCUT2D eigenvalue weighted by molar-refractivity contribution is -0.00580. The molecule has 0 atom stereocenters. The number of ketones is 1. The van der Waals surface area contributed by atoms with Crippen molar-refractivity contribution in [3.05, 3.63) is 62.6 Å². The molecule has 2 heterocycles. The molecule has 2 aromatic carbocycles. The first-order valence-corrected chi connectivity index (χ1v) is 10.1. The van der Waals surface area contributed by atoms with Crippen LogP contribution in [-0.4, -0.2) is 35.3 Å². The number of benzene rings is 2. The van der Waals surface area contributed by atoms with Crippen LogP contribution in [0.25, 0.3) is 0 Å². The Hall–Kier alpha value is -2.04. The molecule has 4 nitrogen and oxygen atoms in total. The zero-order valence-electron chi connectivity index (χ0n) is 15.9. The average molecular weight is 418 g/mol. The van der Waals surface area contributed by atoms with Crippen molar-refractivity contribution in [2.45, 2.75) is 38.7 Å². The van der Waals surface area contributed by atoms with Crippen molar-refractivity contribution < 1.29 is 14.3 Å². The van der Waals surface area contributed by atoms with Gasteiger partial charge in [-0.2, -0.15) is 0 Å². The summed E-state index contributed by atoms with van der Waals surface area (Å²) in [4.78, 5) is 27.4. The van der Waals surface area contributed by atoms with Crippen molar-refractivity contribution in [3.63, 3.8) is 0 Å². The van der Waals surface area contributed by atoms with Gasteiger partial charge in [0.25, 0.3) is 5.91 Å². The molecular formula is C22H21Cl2NO3. The first-order valence-electron chi connectivity index (χ1n) is 9.36. The van der Waals surface area contributed by atoms with Crippen molar-refractivity contribution in [2.75, 3.05) is 13.1 Å². The highest BCUT2D eigenvalue weighted by molar-refractivity contribution is 6.33. The molecule has 0 aromatic heterocycles. The van der Waals surface area contributed by atoms with Gasteiger partial charge in [-0.3, -0.25) is 9.59 Å². The summed E-state index contributed by atoms with van der Waals surface area (Å²) in [7, 11) is 0. The molecule has 0 aliphatic carbocycles. The van der Waals surface area contributed by atoms with Gasteiger partial charge in [-0.1, -0.05) is 23.2 Å². The number of carbonyl (C=O) groups excluding carboxylic acids is 2. The van der Waals surface area contributed by atoms with Crippen LogP contribution in [0.3, 0.4) is 0 Å². The van der Waals surface area contributed by atoms with E-state index in [0.717, 1.165) is 11.1 Å². The number of fused-ring (bicyclic) bond motifs is 1. The van der Waals surface area contributed by atoms with E-state index in [0.29, 0.717) is 59.3 Å². The molecule has 2 aromatic rings. The first kappa shape index (κ1) is 19.3. The van der Waals surface area contributed by atoms with E-state index < -0.39 is 5.60 Å². The van der Waals surface area contributed by atoms with Crippen LogP contribution in [-0.2, 0) is 0 Å². The molecule has 28 heavy (non-hydrogen) atoms.